The molecule has 33 heavy (non-hydrogen) atoms. The van der Waals surface area contributed by atoms with Crippen LogP contribution in [0.4, 0.5) is 5.69 Å². The summed E-state index contributed by atoms with van der Waals surface area (Å²) in [6.45, 7) is 4.22. The molecule has 0 radical (unpaired) electrons. The predicted molar refractivity (Wildman–Crippen MR) is 129 cm³/mol. The molecule has 4 aromatic rings. The van der Waals surface area contributed by atoms with E-state index in [9.17, 15) is 9.59 Å². The average molecular weight is 444 g/mol. The quantitative estimate of drug-likeness (QED) is 0.464. The summed E-state index contributed by atoms with van der Waals surface area (Å²) in [4.78, 5) is 26.5. The smallest absolute Gasteiger partial charge is 0.279 e. The molecule has 168 valence electrons. The van der Waals surface area contributed by atoms with E-state index in [4.69, 9.17) is 9.47 Å². The Kier molecular flexibility index (Phi) is 6.13. The van der Waals surface area contributed by atoms with Gasteiger partial charge in [0.25, 0.3) is 11.5 Å². The molecule has 1 amide bonds. The van der Waals surface area contributed by atoms with E-state index < -0.39 is 5.91 Å². The number of benzene rings is 3. The second kappa shape index (κ2) is 9.16. The topological polar surface area (TPSA) is 82.5 Å². The van der Waals surface area contributed by atoms with Gasteiger partial charge in [-0.05, 0) is 41.8 Å². The second-order valence-corrected chi connectivity index (χ2v) is 7.88. The number of amides is 1. The number of fused-ring (bicyclic) bond motifs is 1. The third kappa shape index (κ3) is 4.30. The molecule has 0 saturated carbocycles. The summed E-state index contributed by atoms with van der Waals surface area (Å²) in [5.74, 6) is 0.954. The number of rotatable bonds is 6. The molecule has 0 fully saturated rings. The summed E-state index contributed by atoms with van der Waals surface area (Å²) in [5, 5.41) is 8.20. The maximum atomic E-state index is 13.3. The fourth-order valence-electron chi connectivity index (χ4n) is 3.62. The first-order chi connectivity index (χ1) is 15.9. The van der Waals surface area contributed by atoms with Crippen LogP contribution in [0.1, 0.15) is 35.8 Å². The number of methoxy groups -OCH3 is 2. The van der Waals surface area contributed by atoms with Crippen LogP contribution in [0.3, 0.4) is 0 Å². The Morgan fingerprint density at radius 2 is 1.64 bits per heavy atom. The summed E-state index contributed by atoms with van der Waals surface area (Å²) in [7, 11) is 3.05. The minimum absolute atomic E-state index is 0.135. The number of hydrogen-bond acceptors (Lipinski definition) is 5. The number of nitrogens with zero attached hydrogens (tertiary/aromatic N) is 2. The van der Waals surface area contributed by atoms with Crippen molar-refractivity contribution in [3.05, 3.63) is 88.3 Å². The first-order valence-corrected chi connectivity index (χ1v) is 10.6. The van der Waals surface area contributed by atoms with Crippen LogP contribution < -0.4 is 20.3 Å². The molecule has 0 atom stereocenters. The fourth-order valence-corrected chi connectivity index (χ4v) is 3.62. The Bertz CT molecular complexity index is 1370. The highest BCUT2D eigenvalue weighted by atomic mass is 16.5. The number of nitrogens with one attached hydrogen (secondary N) is 1. The van der Waals surface area contributed by atoms with Gasteiger partial charge in [0.1, 0.15) is 17.2 Å². The summed E-state index contributed by atoms with van der Waals surface area (Å²) in [6.07, 6.45) is 0. The lowest BCUT2D eigenvalue weighted by Crippen LogP contribution is -2.26. The molecule has 1 aromatic heterocycles. The van der Waals surface area contributed by atoms with Gasteiger partial charge in [-0.2, -0.15) is 9.78 Å². The summed E-state index contributed by atoms with van der Waals surface area (Å²) in [5.41, 5.74) is 2.01. The Balaban J connectivity index is 1.83. The van der Waals surface area contributed by atoms with Gasteiger partial charge in [0, 0.05) is 17.1 Å². The van der Waals surface area contributed by atoms with E-state index in [-0.39, 0.29) is 11.3 Å². The molecule has 0 aliphatic heterocycles. The van der Waals surface area contributed by atoms with Gasteiger partial charge >= 0.3 is 0 Å². The monoisotopic (exact) mass is 443 g/mol. The van der Waals surface area contributed by atoms with Crippen LogP contribution in [0.15, 0.2) is 71.5 Å². The highest BCUT2D eigenvalue weighted by molar-refractivity contribution is 6.11. The lowest BCUT2D eigenvalue weighted by Gasteiger charge is -2.14. The molecule has 1 N–H and O–H groups in total. The minimum atomic E-state index is -0.412. The number of ether oxygens (including phenoxy) is 2. The standard InChI is InChI=1S/C26H25N3O4/c1-16(2)17-9-11-18(12-10-17)27-25(30)24-20-7-5-6-8-21(20)26(31)29(28-24)22-14-13-19(32-3)15-23(22)33-4/h5-16H,1-4H3,(H,27,30). The third-order valence-electron chi connectivity index (χ3n) is 5.47. The van der Waals surface area contributed by atoms with Crippen molar-refractivity contribution < 1.29 is 14.3 Å². The van der Waals surface area contributed by atoms with E-state index in [0.717, 1.165) is 0 Å². The molecule has 0 aliphatic carbocycles. The number of anilines is 1. The molecular weight excluding hydrogens is 418 g/mol. The number of hydrogen-bond donors (Lipinski definition) is 1. The maximum absolute atomic E-state index is 13.3. The van der Waals surface area contributed by atoms with Crippen LogP contribution >= 0.6 is 0 Å². The van der Waals surface area contributed by atoms with Gasteiger partial charge in [-0.3, -0.25) is 9.59 Å². The minimum Gasteiger partial charge on any atom is -0.497 e. The Morgan fingerprint density at radius 3 is 2.27 bits per heavy atom. The van der Waals surface area contributed by atoms with Gasteiger partial charge < -0.3 is 14.8 Å². The lowest BCUT2D eigenvalue weighted by molar-refractivity contribution is 0.102. The number of carbonyl (C=O) groups is 1. The molecular formula is C26H25N3O4. The SMILES string of the molecule is COc1ccc(-n2nc(C(=O)Nc3ccc(C(C)C)cc3)c3ccccc3c2=O)c(OC)c1. The highest BCUT2D eigenvalue weighted by Crippen LogP contribution is 2.27. The van der Waals surface area contributed by atoms with Crippen LogP contribution in [0.2, 0.25) is 0 Å². The summed E-state index contributed by atoms with van der Waals surface area (Å²) in [6, 6.07) is 19.6. The molecule has 0 bridgehead atoms. The van der Waals surface area contributed by atoms with Gasteiger partial charge in [0.2, 0.25) is 0 Å². The van der Waals surface area contributed by atoms with E-state index in [2.05, 4.69) is 24.3 Å². The van der Waals surface area contributed by atoms with Crippen molar-refractivity contribution in [1.82, 2.24) is 9.78 Å². The highest BCUT2D eigenvalue weighted by Gasteiger charge is 2.19. The number of carbonyl (C=O) groups excluding carboxylic acids is 1. The second-order valence-electron chi connectivity index (χ2n) is 7.88. The summed E-state index contributed by atoms with van der Waals surface area (Å²) < 4.78 is 11.9. The van der Waals surface area contributed by atoms with Crippen LogP contribution in [0.5, 0.6) is 11.5 Å². The first-order valence-electron chi connectivity index (χ1n) is 10.6. The van der Waals surface area contributed by atoms with Crippen molar-refractivity contribution in [2.24, 2.45) is 0 Å². The van der Waals surface area contributed by atoms with Gasteiger partial charge in [-0.1, -0.05) is 44.2 Å². The average Bonchev–Trinajstić information content (AvgIpc) is 2.84. The molecule has 3 aromatic carbocycles. The molecule has 0 spiro atoms. The van der Waals surface area contributed by atoms with E-state index in [1.165, 1.54) is 17.4 Å². The molecule has 4 rings (SSSR count). The molecule has 0 aliphatic rings. The fraction of sp³-hybridized carbons (Fsp3) is 0.192. The van der Waals surface area contributed by atoms with Gasteiger partial charge in [-0.25, -0.2) is 0 Å². The van der Waals surface area contributed by atoms with Gasteiger partial charge in [0.15, 0.2) is 5.69 Å². The van der Waals surface area contributed by atoms with Crippen molar-refractivity contribution >= 4 is 22.4 Å². The van der Waals surface area contributed by atoms with Crippen molar-refractivity contribution in [3.8, 4) is 17.2 Å². The van der Waals surface area contributed by atoms with E-state index >= 15 is 0 Å². The zero-order valence-corrected chi connectivity index (χ0v) is 19.0. The predicted octanol–water partition coefficient (Wildman–Crippen LogP) is 4.78. The Labute approximate surface area is 191 Å². The van der Waals surface area contributed by atoms with Crippen LogP contribution in [0, 0.1) is 0 Å². The van der Waals surface area contributed by atoms with Crippen LogP contribution in [-0.2, 0) is 0 Å². The van der Waals surface area contributed by atoms with Gasteiger partial charge in [0.05, 0.1) is 19.6 Å². The van der Waals surface area contributed by atoms with Crippen molar-refractivity contribution in [2.45, 2.75) is 19.8 Å². The molecule has 0 unspecified atom stereocenters. The largest absolute Gasteiger partial charge is 0.497 e. The Morgan fingerprint density at radius 1 is 0.939 bits per heavy atom. The van der Waals surface area contributed by atoms with Crippen molar-refractivity contribution in [3.63, 3.8) is 0 Å². The zero-order valence-electron chi connectivity index (χ0n) is 19.0. The van der Waals surface area contributed by atoms with E-state index in [1.807, 2.05) is 24.3 Å². The van der Waals surface area contributed by atoms with Crippen molar-refractivity contribution in [1.29, 1.82) is 0 Å². The van der Waals surface area contributed by atoms with Crippen molar-refractivity contribution in [2.75, 3.05) is 19.5 Å². The molecule has 0 saturated heterocycles. The normalized spacial score (nSPS) is 10.9. The maximum Gasteiger partial charge on any atom is 0.279 e. The van der Waals surface area contributed by atoms with E-state index in [1.54, 1.807) is 49.6 Å². The van der Waals surface area contributed by atoms with Gasteiger partial charge in [-0.15, -0.1) is 0 Å². The molecule has 7 heteroatoms. The number of aromatic nitrogens is 2. The first kappa shape index (κ1) is 22.1. The van der Waals surface area contributed by atoms with Crippen LogP contribution in [0.25, 0.3) is 16.5 Å². The Hall–Kier alpha value is -4.13. The van der Waals surface area contributed by atoms with Crippen LogP contribution in [-0.4, -0.2) is 29.9 Å². The third-order valence-corrected chi connectivity index (χ3v) is 5.47. The molecule has 7 nitrogen and oxygen atoms in total. The van der Waals surface area contributed by atoms with E-state index in [0.29, 0.717) is 39.6 Å². The molecule has 1 heterocycles. The lowest BCUT2D eigenvalue weighted by atomic mass is 10.0. The zero-order chi connectivity index (χ0) is 23.5. The summed E-state index contributed by atoms with van der Waals surface area (Å²) >= 11 is 0.